The summed E-state index contributed by atoms with van der Waals surface area (Å²) in [5.41, 5.74) is 6.32. The smallest absolute Gasteiger partial charge is 0.322 e. The number of nitrogens with one attached hydrogen (secondary N) is 1. The molecule has 4 aromatic rings. The minimum Gasteiger partial charge on any atom is -0.497 e. The summed E-state index contributed by atoms with van der Waals surface area (Å²) in [6.07, 6.45) is 3.05. The number of hydrogen-bond donors (Lipinski definition) is 1. The van der Waals surface area contributed by atoms with Crippen LogP contribution in [0.15, 0.2) is 91.1 Å². The molecule has 0 bridgehead atoms. The zero-order chi connectivity index (χ0) is 22.8. The van der Waals surface area contributed by atoms with E-state index in [-0.39, 0.29) is 12.1 Å². The zero-order valence-corrected chi connectivity index (χ0v) is 18.9. The van der Waals surface area contributed by atoms with E-state index in [9.17, 15) is 4.79 Å². The van der Waals surface area contributed by atoms with Gasteiger partial charge in [0.15, 0.2) is 0 Å². The molecule has 0 radical (unpaired) electrons. The summed E-state index contributed by atoms with van der Waals surface area (Å²) in [6.45, 7) is 2.64. The second kappa shape index (κ2) is 8.87. The molecular weight excluding hydrogens is 410 g/mol. The number of ether oxygens (including phenoxy) is 1. The normalized spacial score (nSPS) is 14.7. The third-order valence-corrected chi connectivity index (χ3v) is 6.25. The standard InChI is InChI=1S/C28H27N3O2/c1-3-20-13-15-21(16-14-20)27-26-12-7-17-30(26)25-11-5-4-8-22(25)19-31(27)28(32)29-23-9-6-10-24(18-23)33-2/h4-18,27H,3,19H2,1-2H3,(H,29,32)/t27-/m0/s1. The molecule has 0 spiro atoms. The maximum atomic E-state index is 13.7. The van der Waals surface area contributed by atoms with E-state index < -0.39 is 0 Å². The third kappa shape index (κ3) is 3.98. The predicted octanol–water partition coefficient (Wildman–Crippen LogP) is 6.19. The average Bonchev–Trinajstić information content (AvgIpc) is 3.28. The average molecular weight is 438 g/mol. The number of nitrogens with zero attached hydrogens (tertiary/aromatic N) is 2. The van der Waals surface area contributed by atoms with Crippen LogP contribution in [0.5, 0.6) is 5.75 Å². The maximum absolute atomic E-state index is 13.7. The lowest BCUT2D eigenvalue weighted by Gasteiger charge is -2.31. The Balaban J connectivity index is 1.60. The molecule has 1 atom stereocenters. The van der Waals surface area contributed by atoms with Gasteiger partial charge in [-0.1, -0.05) is 55.5 Å². The molecule has 1 aliphatic rings. The van der Waals surface area contributed by atoms with E-state index in [1.165, 1.54) is 5.56 Å². The SMILES string of the molecule is CCc1ccc([C@H]2c3cccn3-c3ccccc3CN2C(=O)Nc2cccc(OC)c2)cc1. The first-order chi connectivity index (χ1) is 16.2. The van der Waals surface area contributed by atoms with E-state index in [1.54, 1.807) is 7.11 Å². The number of benzene rings is 3. The Labute approximate surface area is 194 Å². The van der Waals surface area contributed by atoms with Gasteiger partial charge >= 0.3 is 6.03 Å². The quantitative estimate of drug-likeness (QED) is 0.414. The van der Waals surface area contributed by atoms with Gasteiger partial charge in [-0.15, -0.1) is 0 Å². The van der Waals surface area contributed by atoms with Gasteiger partial charge in [-0.25, -0.2) is 4.79 Å². The first-order valence-electron chi connectivity index (χ1n) is 11.2. The summed E-state index contributed by atoms with van der Waals surface area (Å²) in [5, 5.41) is 3.09. The number of anilines is 1. The largest absolute Gasteiger partial charge is 0.497 e. The van der Waals surface area contributed by atoms with Crippen LogP contribution < -0.4 is 10.1 Å². The molecule has 0 aliphatic carbocycles. The van der Waals surface area contributed by atoms with Gasteiger partial charge in [0.05, 0.1) is 25.4 Å². The van der Waals surface area contributed by atoms with Gasteiger partial charge in [-0.3, -0.25) is 0 Å². The van der Waals surface area contributed by atoms with E-state index in [0.29, 0.717) is 18.0 Å². The summed E-state index contributed by atoms with van der Waals surface area (Å²) in [7, 11) is 1.62. The minimum atomic E-state index is -0.232. The Kier molecular flexibility index (Phi) is 5.61. The van der Waals surface area contributed by atoms with Crippen molar-refractivity contribution in [2.45, 2.75) is 25.9 Å². The number of methoxy groups -OCH3 is 1. The lowest BCUT2D eigenvalue weighted by atomic mass is 10.00. The first kappa shape index (κ1) is 20.9. The molecule has 3 aromatic carbocycles. The number of aryl methyl sites for hydroxylation is 1. The Morgan fingerprint density at radius 3 is 2.61 bits per heavy atom. The molecule has 0 unspecified atom stereocenters. The Morgan fingerprint density at radius 2 is 1.82 bits per heavy atom. The number of urea groups is 1. The fourth-order valence-corrected chi connectivity index (χ4v) is 4.52. The van der Waals surface area contributed by atoms with Crippen LogP contribution in [-0.2, 0) is 13.0 Å². The lowest BCUT2D eigenvalue weighted by molar-refractivity contribution is 0.194. The number of rotatable bonds is 4. The zero-order valence-electron chi connectivity index (χ0n) is 18.9. The Bertz CT molecular complexity index is 1280. The Morgan fingerprint density at radius 1 is 1.00 bits per heavy atom. The lowest BCUT2D eigenvalue weighted by Crippen LogP contribution is -2.37. The second-order valence-corrected chi connectivity index (χ2v) is 8.22. The summed E-state index contributed by atoms with van der Waals surface area (Å²) in [6, 6.07) is 28.1. The number of carbonyl (C=O) groups is 1. The molecule has 0 fully saturated rings. The van der Waals surface area contributed by atoms with Crippen LogP contribution in [0.2, 0.25) is 0 Å². The van der Waals surface area contributed by atoms with Crippen molar-refractivity contribution in [3.05, 3.63) is 114 Å². The molecule has 1 aliphatic heterocycles. The highest BCUT2D eigenvalue weighted by Crippen LogP contribution is 2.37. The molecule has 1 aromatic heterocycles. The predicted molar refractivity (Wildman–Crippen MR) is 131 cm³/mol. The van der Waals surface area contributed by atoms with E-state index in [4.69, 9.17) is 4.74 Å². The van der Waals surface area contributed by atoms with Crippen molar-refractivity contribution in [3.8, 4) is 11.4 Å². The maximum Gasteiger partial charge on any atom is 0.322 e. The van der Waals surface area contributed by atoms with Crippen LogP contribution in [0.4, 0.5) is 10.5 Å². The van der Waals surface area contributed by atoms with Crippen molar-refractivity contribution < 1.29 is 9.53 Å². The van der Waals surface area contributed by atoms with Gasteiger partial charge in [-0.05, 0) is 53.4 Å². The van der Waals surface area contributed by atoms with Crippen LogP contribution in [0.25, 0.3) is 5.69 Å². The number of carbonyl (C=O) groups excluding carboxylic acids is 1. The molecular formula is C28H27N3O2. The topological polar surface area (TPSA) is 46.5 Å². The Hall–Kier alpha value is -3.99. The summed E-state index contributed by atoms with van der Waals surface area (Å²) in [4.78, 5) is 15.6. The number of amides is 2. The first-order valence-corrected chi connectivity index (χ1v) is 11.2. The van der Waals surface area contributed by atoms with Crippen molar-refractivity contribution >= 4 is 11.7 Å². The van der Waals surface area contributed by atoms with Crippen molar-refractivity contribution in [1.82, 2.24) is 9.47 Å². The monoisotopic (exact) mass is 437 g/mol. The molecule has 33 heavy (non-hydrogen) atoms. The molecule has 1 N–H and O–H groups in total. The fraction of sp³-hybridized carbons (Fsp3) is 0.179. The summed E-state index contributed by atoms with van der Waals surface area (Å²) < 4.78 is 7.53. The van der Waals surface area contributed by atoms with Gasteiger partial charge in [0.25, 0.3) is 0 Å². The van der Waals surface area contributed by atoms with Gasteiger partial charge in [0.2, 0.25) is 0 Å². The fourth-order valence-electron chi connectivity index (χ4n) is 4.52. The molecule has 5 heteroatoms. The number of para-hydroxylation sites is 1. The molecule has 2 heterocycles. The highest BCUT2D eigenvalue weighted by atomic mass is 16.5. The molecule has 0 saturated carbocycles. The van der Waals surface area contributed by atoms with Gasteiger partial charge in [0.1, 0.15) is 5.75 Å². The second-order valence-electron chi connectivity index (χ2n) is 8.22. The molecule has 5 nitrogen and oxygen atoms in total. The highest BCUT2D eigenvalue weighted by molar-refractivity contribution is 5.90. The molecule has 2 amide bonds. The number of fused-ring (bicyclic) bond motifs is 3. The van der Waals surface area contributed by atoms with Gasteiger partial charge < -0.3 is 19.5 Å². The van der Waals surface area contributed by atoms with Crippen molar-refractivity contribution in [2.24, 2.45) is 0 Å². The van der Waals surface area contributed by atoms with Crippen LogP contribution in [-0.4, -0.2) is 22.6 Å². The summed E-state index contributed by atoms with van der Waals surface area (Å²) >= 11 is 0. The van der Waals surface area contributed by atoms with Crippen LogP contribution in [0.1, 0.15) is 35.3 Å². The molecule has 5 rings (SSSR count). The number of hydrogen-bond acceptors (Lipinski definition) is 2. The van der Waals surface area contributed by atoms with Crippen molar-refractivity contribution in [1.29, 1.82) is 0 Å². The van der Waals surface area contributed by atoms with Crippen LogP contribution in [0.3, 0.4) is 0 Å². The molecule has 0 saturated heterocycles. The minimum absolute atomic E-state index is 0.155. The third-order valence-electron chi connectivity index (χ3n) is 6.25. The van der Waals surface area contributed by atoms with Gasteiger partial charge in [0, 0.05) is 23.6 Å². The van der Waals surface area contributed by atoms with Crippen LogP contribution >= 0.6 is 0 Å². The highest BCUT2D eigenvalue weighted by Gasteiger charge is 2.33. The van der Waals surface area contributed by atoms with E-state index in [2.05, 4.69) is 65.5 Å². The van der Waals surface area contributed by atoms with E-state index in [0.717, 1.165) is 28.9 Å². The molecule has 166 valence electrons. The van der Waals surface area contributed by atoms with Crippen molar-refractivity contribution in [3.63, 3.8) is 0 Å². The van der Waals surface area contributed by atoms with Crippen LogP contribution in [0, 0.1) is 0 Å². The van der Waals surface area contributed by atoms with E-state index >= 15 is 0 Å². The van der Waals surface area contributed by atoms with Gasteiger partial charge in [-0.2, -0.15) is 0 Å². The summed E-state index contributed by atoms with van der Waals surface area (Å²) in [5.74, 6) is 0.703. The van der Waals surface area contributed by atoms with E-state index in [1.807, 2.05) is 47.4 Å². The number of aromatic nitrogens is 1. The van der Waals surface area contributed by atoms with Crippen molar-refractivity contribution in [2.75, 3.05) is 12.4 Å².